The monoisotopic (exact) mass is 331 g/mol. The van der Waals surface area contributed by atoms with Crippen LogP contribution in [0.25, 0.3) is 5.69 Å². The SMILES string of the molecule is O=C(Nc1cccc(-n2cnnn2)c1)c1ccc(OC(F)F)cc1. The van der Waals surface area contributed by atoms with Crippen molar-refractivity contribution in [3.05, 3.63) is 60.4 Å². The summed E-state index contributed by atoms with van der Waals surface area (Å²) in [4.78, 5) is 12.2. The van der Waals surface area contributed by atoms with Crippen molar-refractivity contribution in [3.8, 4) is 11.4 Å². The van der Waals surface area contributed by atoms with Gasteiger partial charge in [0.1, 0.15) is 12.1 Å². The lowest BCUT2D eigenvalue weighted by molar-refractivity contribution is -0.0498. The number of ether oxygens (including phenoxy) is 1. The number of carbonyl (C=O) groups is 1. The fourth-order valence-corrected chi connectivity index (χ4v) is 2.00. The first kappa shape index (κ1) is 15.5. The Labute approximate surface area is 134 Å². The number of rotatable bonds is 5. The molecule has 3 aromatic rings. The summed E-state index contributed by atoms with van der Waals surface area (Å²) in [6.45, 7) is -2.90. The molecule has 0 saturated carbocycles. The van der Waals surface area contributed by atoms with Gasteiger partial charge in [-0.2, -0.15) is 8.78 Å². The maximum atomic E-state index is 12.2. The molecule has 24 heavy (non-hydrogen) atoms. The highest BCUT2D eigenvalue weighted by Gasteiger charge is 2.09. The molecule has 3 rings (SSSR count). The molecule has 0 atom stereocenters. The van der Waals surface area contributed by atoms with Crippen molar-refractivity contribution in [3.63, 3.8) is 0 Å². The van der Waals surface area contributed by atoms with Crippen molar-refractivity contribution in [2.45, 2.75) is 6.61 Å². The van der Waals surface area contributed by atoms with Crippen LogP contribution in [-0.4, -0.2) is 32.7 Å². The first-order valence-corrected chi connectivity index (χ1v) is 6.81. The standard InChI is InChI=1S/C15H11F2N5O2/c16-15(17)24-13-6-4-10(5-7-13)14(23)19-11-2-1-3-12(8-11)22-9-18-20-21-22/h1-9,15H,(H,19,23). The molecule has 0 fully saturated rings. The van der Waals surface area contributed by atoms with Crippen LogP contribution in [0.3, 0.4) is 0 Å². The summed E-state index contributed by atoms with van der Waals surface area (Å²) in [5, 5.41) is 13.6. The normalized spacial score (nSPS) is 10.6. The van der Waals surface area contributed by atoms with E-state index in [0.29, 0.717) is 16.9 Å². The van der Waals surface area contributed by atoms with Gasteiger partial charge < -0.3 is 10.1 Å². The summed E-state index contributed by atoms with van der Waals surface area (Å²) in [6.07, 6.45) is 1.43. The summed E-state index contributed by atoms with van der Waals surface area (Å²) in [5.41, 5.74) is 1.53. The van der Waals surface area contributed by atoms with E-state index in [4.69, 9.17) is 0 Å². The van der Waals surface area contributed by atoms with Crippen molar-refractivity contribution in [1.82, 2.24) is 20.2 Å². The van der Waals surface area contributed by atoms with Gasteiger partial charge in [-0.25, -0.2) is 4.68 Å². The zero-order valence-corrected chi connectivity index (χ0v) is 12.1. The second kappa shape index (κ2) is 6.82. The van der Waals surface area contributed by atoms with Crippen molar-refractivity contribution in [2.24, 2.45) is 0 Å². The lowest BCUT2D eigenvalue weighted by Crippen LogP contribution is -2.12. The molecule has 0 spiro atoms. The number of amides is 1. The average Bonchev–Trinajstić information content (AvgIpc) is 3.10. The van der Waals surface area contributed by atoms with Gasteiger partial charge in [-0.05, 0) is 52.9 Å². The molecule has 0 bridgehead atoms. The Kier molecular flexibility index (Phi) is 4.41. The van der Waals surface area contributed by atoms with Gasteiger partial charge in [-0.15, -0.1) is 5.10 Å². The maximum absolute atomic E-state index is 12.2. The minimum absolute atomic E-state index is 0.0118. The molecule has 0 saturated heterocycles. The van der Waals surface area contributed by atoms with Gasteiger partial charge in [0.05, 0.1) is 5.69 Å². The molecule has 1 amide bonds. The van der Waals surface area contributed by atoms with Crippen LogP contribution < -0.4 is 10.1 Å². The minimum Gasteiger partial charge on any atom is -0.435 e. The molecular formula is C15H11F2N5O2. The molecule has 9 heteroatoms. The maximum Gasteiger partial charge on any atom is 0.387 e. The molecule has 0 aliphatic heterocycles. The fraction of sp³-hybridized carbons (Fsp3) is 0.0667. The van der Waals surface area contributed by atoms with Crippen molar-refractivity contribution in [1.29, 1.82) is 0 Å². The quantitative estimate of drug-likeness (QED) is 0.777. The Balaban J connectivity index is 1.72. The molecule has 1 N–H and O–H groups in total. The Morgan fingerprint density at radius 1 is 1.17 bits per heavy atom. The Hall–Kier alpha value is -3.36. The molecule has 1 heterocycles. The Morgan fingerprint density at radius 3 is 2.62 bits per heavy atom. The number of hydrogen-bond acceptors (Lipinski definition) is 5. The molecule has 2 aromatic carbocycles. The van der Waals surface area contributed by atoms with Crippen LogP contribution in [0, 0.1) is 0 Å². The van der Waals surface area contributed by atoms with Gasteiger partial charge >= 0.3 is 6.61 Å². The van der Waals surface area contributed by atoms with Gasteiger partial charge in [-0.1, -0.05) is 6.07 Å². The van der Waals surface area contributed by atoms with E-state index in [-0.39, 0.29) is 11.7 Å². The number of tetrazole rings is 1. The smallest absolute Gasteiger partial charge is 0.387 e. The van der Waals surface area contributed by atoms with E-state index < -0.39 is 6.61 Å². The number of alkyl halides is 2. The van der Waals surface area contributed by atoms with E-state index in [9.17, 15) is 13.6 Å². The van der Waals surface area contributed by atoms with E-state index in [1.54, 1.807) is 24.3 Å². The first-order chi connectivity index (χ1) is 11.6. The minimum atomic E-state index is -2.90. The summed E-state index contributed by atoms with van der Waals surface area (Å²) in [6, 6.07) is 12.3. The van der Waals surface area contributed by atoms with Crippen LogP contribution in [0.5, 0.6) is 5.75 Å². The third-order valence-electron chi connectivity index (χ3n) is 3.06. The van der Waals surface area contributed by atoms with Crippen LogP contribution in [-0.2, 0) is 0 Å². The summed E-state index contributed by atoms with van der Waals surface area (Å²) in [7, 11) is 0. The number of nitrogens with zero attached hydrogens (tertiary/aromatic N) is 4. The van der Waals surface area contributed by atoms with Crippen LogP contribution >= 0.6 is 0 Å². The summed E-state index contributed by atoms with van der Waals surface area (Å²) < 4.78 is 29.9. The predicted octanol–water partition coefficient (Wildman–Crippen LogP) is 2.52. The van der Waals surface area contributed by atoms with Crippen molar-refractivity contribution >= 4 is 11.6 Å². The van der Waals surface area contributed by atoms with Gasteiger partial charge in [0.2, 0.25) is 0 Å². The fourth-order valence-electron chi connectivity index (χ4n) is 2.00. The number of halogens is 2. The molecule has 0 aliphatic rings. The topological polar surface area (TPSA) is 81.9 Å². The average molecular weight is 331 g/mol. The van der Waals surface area contributed by atoms with Gasteiger partial charge in [0, 0.05) is 11.3 Å². The molecule has 0 aliphatic carbocycles. The number of carbonyl (C=O) groups excluding carboxylic acids is 1. The summed E-state index contributed by atoms with van der Waals surface area (Å²) in [5.74, 6) is -0.394. The van der Waals surface area contributed by atoms with E-state index in [2.05, 4.69) is 25.6 Å². The van der Waals surface area contributed by atoms with Gasteiger partial charge in [-0.3, -0.25) is 4.79 Å². The van der Waals surface area contributed by atoms with E-state index >= 15 is 0 Å². The molecular weight excluding hydrogens is 320 g/mol. The number of anilines is 1. The van der Waals surface area contributed by atoms with E-state index in [1.807, 2.05) is 0 Å². The van der Waals surface area contributed by atoms with Gasteiger partial charge in [0.15, 0.2) is 0 Å². The zero-order valence-electron chi connectivity index (χ0n) is 12.1. The lowest BCUT2D eigenvalue weighted by Gasteiger charge is -2.08. The Morgan fingerprint density at radius 2 is 1.96 bits per heavy atom. The van der Waals surface area contributed by atoms with Crippen molar-refractivity contribution < 1.29 is 18.3 Å². The van der Waals surface area contributed by atoms with Crippen LogP contribution in [0.4, 0.5) is 14.5 Å². The Bertz CT molecular complexity index is 822. The van der Waals surface area contributed by atoms with Crippen LogP contribution in [0.15, 0.2) is 54.9 Å². The van der Waals surface area contributed by atoms with Crippen LogP contribution in [0.1, 0.15) is 10.4 Å². The zero-order chi connectivity index (χ0) is 16.9. The highest BCUT2D eigenvalue weighted by molar-refractivity contribution is 6.04. The van der Waals surface area contributed by atoms with E-state index in [0.717, 1.165) is 0 Å². The highest BCUT2D eigenvalue weighted by Crippen LogP contribution is 2.17. The highest BCUT2D eigenvalue weighted by atomic mass is 19.3. The van der Waals surface area contributed by atoms with Gasteiger partial charge in [0.25, 0.3) is 5.91 Å². The molecule has 0 radical (unpaired) electrons. The molecule has 0 unspecified atom stereocenters. The number of benzene rings is 2. The second-order valence-corrected chi connectivity index (χ2v) is 4.66. The number of aromatic nitrogens is 4. The number of hydrogen-bond donors (Lipinski definition) is 1. The largest absolute Gasteiger partial charge is 0.435 e. The third-order valence-corrected chi connectivity index (χ3v) is 3.06. The molecule has 122 valence electrons. The first-order valence-electron chi connectivity index (χ1n) is 6.81. The lowest BCUT2D eigenvalue weighted by atomic mass is 10.2. The molecule has 7 nitrogen and oxygen atoms in total. The van der Waals surface area contributed by atoms with Crippen LogP contribution in [0.2, 0.25) is 0 Å². The summed E-state index contributed by atoms with van der Waals surface area (Å²) >= 11 is 0. The van der Waals surface area contributed by atoms with E-state index in [1.165, 1.54) is 35.3 Å². The second-order valence-electron chi connectivity index (χ2n) is 4.66. The molecule has 1 aromatic heterocycles. The number of nitrogens with one attached hydrogen (secondary N) is 1. The van der Waals surface area contributed by atoms with Crippen molar-refractivity contribution in [2.75, 3.05) is 5.32 Å². The predicted molar refractivity (Wildman–Crippen MR) is 80.2 cm³/mol. The third kappa shape index (κ3) is 3.69.